The molecule has 1 N–H and O–H groups in total. The van der Waals surface area contributed by atoms with E-state index in [1.807, 2.05) is 30.3 Å². The molecule has 0 aliphatic heterocycles. The molecule has 9 heteroatoms. The molecule has 0 spiro atoms. The number of hydrogen-bond acceptors (Lipinski definition) is 6. The molecule has 33 heavy (non-hydrogen) atoms. The van der Waals surface area contributed by atoms with Crippen LogP contribution in [0.25, 0.3) is 17.0 Å². The van der Waals surface area contributed by atoms with E-state index in [0.717, 1.165) is 10.9 Å². The summed E-state index contributed by atoms with van der Waals surface area (Å²) in [5, 5.41) is 3.56. The lowest BCUT2D eigenvalue weighted by Gasteiger charge is -2.18. The third-order valence-corrected chi connectivity index (χ3v) is 6.90. The highest BCUT2D eigenvalue weighted by molar-refractivity contribution is 7.89. The number of aromatic nitrogens is 1. The van der Waals surface area contributed by atoms with Crippen molar-refractivity contribution in [3.05, 3.63) is 72.4 Å². The SMILES string of the molecule is CCN(CC)S(=O)(=O)c1ccc(NC(=O)COC(=O)C=Cc2ccc3ccccc3n2)cc1. The zero-order valence-electron chi connectivity index (χ0n) is 18.4. The van der Waals surface area contributed by atoms with Gasteiger partial charge < -0.3 is 10.1 Å². The molecule has 0 radical (unpaired) electrons. The number of anilines is 1. The number of fused-ring (bicyclic) bond motifs is 1. The van der Waals surface area contributed by atoms with Gasteiger partial charge >= 0.3 is 5.97 Å². The maximum absolute atomic E-state index is 12.5. The summed E-state index contributed by atoms with van der Waals surface area (Å²) in [5.74, 6) is -1.22. The van der Waals surface area contributed by atoms with Crippen LogP contribution < -0.4 is 5.32 Å². The number of rotatable bonds is 9. The molecule has 0 bridgehead atoms. The van der Waals surface area contributed by atoms with E-state index >= 15 is 0 Å². The highest BCUT2D eigenvalue weighted by atomic mass is 32.2. The van der Waals surface area contributed by atoms with Crippen molar-refractivity contribution in [1.82, 2.24) is 9.29 Å². The summed E-state index contributed by atoms with van der Waals surface area (Å²) in [6.45, 7) is 3.80. The van der Waals surface area contributed by atoms with Crippen LogP contribution in [0.3, 0.4) is 0 Å². The smallest absolute Gasteiger partial charge is 0.331 e. The predicted octanol–water partition coefficient (Wildman–Crippen LogP) is 3.46. The minimum atomic E-state index is -3.57. The lowest BCUT2D eigenvalue weighted by molar-refractivity contribution is -0.142. The van der Waals surface area contributed by atoms with Crippen LogP contribution in [-0.2, 0) is 24.3 Å². The number of sulfonamides is 1. The monoisotopic (exact) mass is 467 g/mol. The molecular formula is C24H25N3O5S. The van der Waals surface area contributed by atoms with Crippen LogP contribution in [0.2, 0.25) is 0 Å². The maximum Gasteiger partial charge on any atom is 0.331 e. The van der Waals surface area contributed by atoms with Gasteiger partial charge in [0.2, 0.25) is 10.0 Å². The molecule has 8 nitrogen and oxygen atoms in total. The Bertz CT molecular complexity index is 1270. The molecule has 0 aliphatic rings. The average molecular weight is 468 g/mol. The maximum atomic E-state index is 12.5. The molecule has 0 aliphatic carbocycles. The number of nitrogens with zero attached hydrogens (tertiary/aromatic N) is 2. The van der Waals surface area contributed by atoms with Gasteiger partial charge in [0.25, 0.3) is 5.91 Å². The van der Waals surface area contributed by atoms with Gasteiger partial charge in [0.1, 0.15) is 0 Å². The van der Waals surface area contributed by atoms with Crippen molar-refractivity contribution in [2.45, 2.75) is 18.7 Å². The van der Waals surface area contributed by atoms with Crippen LogP contribution in [-0.4, -0.2) is 49.3 Å². The number of carbonyl (C=O) groups excluding carboxylic acids is 2. The van der Waals surface area contributed by atoms with Gasteiger partial charge in [-0.15, -0.1) is 0 Å². The Balaban J connectivity index is 1.52. The Morgan fingerprint density at radius 1 is 1.00 bits per heavy atom. The van der Waals surface area contributed by atoms with Crippen molar-refractivity contribution in [3.8, 4) is 0 Å². The number of pyridine rings is 1. The molecule has 172 valence electrons. The van der Waals surface area contributed by atoms with Crippen LogP contribution in [0.4, 0.5) is 5.69 Å². The number of nitrogens with one attached hydrogen (secondary N) is 1. The van der Waals surface area contributed by atoms with Crippen molar-refractivity contribution in [3.63, 3.8) is 0 Å². The van der Waals surface area contributed by atoms with E-state index in [1.165, 1.54) is 40.7 Å². The Kier molecular flexibility index (Phi) is 7.92. The fraction of sp³-hybridized carbons (Fsp3) is 0.208. The Hall–Kier alpha value is -3.56. The van der Waals surface area contributed by atoms with Crippen molar-refractivity contribution in [1.29, 1.82) is 0 Å². The lowest BCUT2D eigenvalue weighted by atomic mass is 10.2. The number of esters is 1. The second-order valence-electron chi connectivity index (χ2n) is 7.03. The summed E-state index contributed by atoms with van der Waals surface area (Å²) in [4.78, 5) is 28.6. The minimum absolute atomic E-state index is 0.142. The number of benzene rings is 2. The Labute approximate surface area is 192 Å². The van der Waals surface area contributed by atoms with Crippen molar-refractivity contribution < 1.29 is 22.7 Å². The first-order chi connectivity index (χ1) is 15.8. The normalized spacial score (nSPS) is 11.7. The van der Waals surface area contributed by atoms with Gasteiger partial charge in [-0.25, -0.2) is 18.2 Å². The molecule has 0 unspecified atom stereocenters. The van der Waals surface area contributed by atoms with E-state index in [-0.39, 0.29) is 4.90 Å². The molecular weight excluding hydrogens is 442 g/mol. The number of ether oxygens (including phenoxy) is 1. The van der Waals surface area contributed by atoms with Crippen LogP contribution in [0.15, 0.2) is 71.6 Å². The molecule has 3 rings (SSSR count). The Morgan fingerprint density at radius 2 is 1.70 bits per heavy atom. The zero-order chi connectivity index (χ0) is 23.8. The summed E-state index contributed by atoms with van der Waals surface area (Å²) in [6, 6.07) is 17.1. The van der Waals surface area contributed by atoms with E-state index in [0.29, 0.717) is 24.5 Å². The highest BCUT2D eigenvalue weighted by Gasteiger charge is 2.21. The summed E-state index contributed by atoms with van der Waals surface area (Å²) in [7, 11) is -3.57. The largest absolute Gasteiger partial charge is 0.452 e. The van der Waals surface area contributed by atoms with Crippen LogP contribution in [0.1, 0.15) is 19.5 Å². The number of hydrogen-bond donors (Lipinski definition) is 1. The van der Waals surface area contributed by atoms with E-state index in [2.05, 4.69) is 10.3 Å². The molecule has 2 aromatic carbocycles. The van der Waals surface area contributed by atoms with Crippen molar-refractivity contribution in [2.24, 2.45) is 0 Å². The van der Waals surface area contributed by atoms with Gasteiger partial charge in [0, 0.05) is 30.2 Å². The van der Waals surface area contributed by atoms with Gasteiger partial charge in [-0.1, -0.05) is 38.1 Å². The first-order valence-electron chi connectivity index (χ1n) is 10.4. The molecule has 3 aromatic rings. The van der Waals surface area contributed by atoms with E-state index < -0.39 is 28.5 Å². The standard InChI is InChI=1S/C24H25N3O5S/c1-3-27(4-2)33(30,31)21-14-11-20(12-15-21)26-23(28)17-32-24(29)16-13-19-10-9-18-7-5-6-8-22(18)25-19/h5-16H,3-4,17H2,1-2H3,(H,26,28). The fourth-order valence-electron chi connectivity index (χ4n) is 3.13. The van der Waals surface area contributed by atoms with Crippen LogP contribution >= 0.6 is 0 Å². The highest BCUT2D eigenvalue weighted by Crippen LogP contribution is 2.18. The summed E-state index contributed by atoms with van der Waals surface area (Å²) >= 11 is 0. The predicted molar refractivity (Wildman–Crippen MR) is 127 cm³/mol. The third kappa shape index (κ3) is 6.24. The second-order valence-corrected chi connectivity index (χ2v) is 8.97. The molecule has 0 fully saturated rings. The first kappa shape index (κ1) is 24.1. The summed E-state index contributed by atoms with van der Waals surface area (Å²) < 4.78 is 31.3. The second kappa shape index (κ2) is 10.8. The first-order valence-corrected chi connectivity index (χ1v) is 11.9. The van der Waals surface area contributed by atoms with E-state index in [4.69, 9.17) is 4.74 Å². The van der Waals surface area contributed by atoms with Crippen molar-refractivity contribution in [2.75, 3.05) is 25.0 Å². The molecule has 1 heterocycles. The minimum Gasteiger partial charge on any atom is -0.452 e. The van der Waals surface area contributed by atoms with Gasteiger partial charge in [-0.2, -0.15) is 4.31 Å². The van der Waals surface area contributed by atoms with Crippen molar-refractivity contribution >= 4 is 44.6 Å². The van der Waals surface area contributed by atoms with Crippen LogP contribution in [0.5, 0.6) is 0 Å². The molecule has 0 saturated carbocycles. The van der Waals surface area contributed by atoms with E-state index in [1.54, 1.807) is 19.9 Å². The van der Waals surface area contributed by atoms with Gasteiger partial charge in [-0.3, -0.25) is 4.79 Å². The van der Waals surface area contributed by atoms with E-state index in [9.17, 15) is 18.0 Å². The summed E-state index contributed by atoms with van der Waals surface area (Å²) in [5.41, 5.74) is 1.80. The molecule has 0 atom stereocenters. The quantitative estimate of drug-likeness (QED) is 0.382. The molecule has 1 aromatic heterocycles. The summed E-state index contributed by atoms with van der Waals surface area (Å²) in [6.07, 6.45) is 2.72. The third-order valence-electron chi connectivity index (χ3n) is 4.84. The van der Waals surface area contributed by atoms with Crippen LogP contribution in [0, 0.1) is 0 Å². The number of carbonyl (C=O) groups is 2. The number of para-hydroxylation sites is 1. The Morgan fingerprint density at radius 3 is 2.39 bits per heavy atom. The molecule has 0 saturated heterocycles. The fourth-order valence-corrected chi connectivity index (χ4v) is 4.59. The average Bonchev–Trinajstić information content (AvgIpc) is 2.82. The van der Waals surface area contributed by atoms with Gasteiger partial charge in [0.05, 0.1) is 16.1 Å². The van der Waals surface area contributed by atoms with Gasteiger partial charge in [0.15, 0.2) is 6.61 Å². The topological polar surface area (TPSA) is 106 Å². The molecule has 1 amide bonds. The number of amides is 1. The zero-order valence-corrected chi connectivity index (χ0v) is 19.2. The lowest BCUT2D eigenvalue weighted by Crippen LogP contribution is -2.30. The van der Waals surface area contributed by atoms with Gasteiger partial charge in [-0.05, 0) is 42.5 Å².